The van der Waals surface area contributed by atoms with Gasteiger partial charge in [0.1, 0.15) is 12.2 Å². The third kappa shape index (κ3) is 2.41. The highest BCUT2D eigenvalue weighted by Crippen LogP contribution is 2.28. The van der Waals surface area contributed by atoms with E-state index in [0.29, 0.717) is 12.0 Å². The Balaban J connectivity index is 1.68. The first-order chi connectivity index (χ1) is 8.81. The minimum Gasteiger partial charge on any atom is -0.328 e. The van der Waals surface area contributed by atoms with Crippen molar-refractivity contribution in [3.63, 3.8) is 0 Å². The molecule has 0 bridgehead atoms. The highest BCUT2D eigenvalue weighted by Gasteiger charge is 2.27. The maximum absolute atomic E-state index is 5.81. The Bertz CT molecular complexity index is 501. The lowest BCUT2D eigenvalue weighted by Crippen LogP contribution is -2.37. The number of nitrogens with zero attached hydrogens (tertiary/aromatic N) is 4. The average Bonchev–Trinajstić information content (AvgIpc) is 2.76. The zero-order valence-corrected chi connectivity index (χ0v) is 10.2. The lowest BCUT2D eigenvalue weighted by Gasteiger charge is -2.32. The molecule has 0 saturated heterocycles. The Morgan fingerprint density at radius 3 is 2.78 bits per heavy atom. The number of rotatable bonds is 4. The third-order valence-electron chi connectivity index (χ3n) is 3.54. The van der Waals surface area contributed by atoms with Crippen LogP contribution in [0.4, 0.5) is 0 Å². The predicted molar refractivity (Wildman–Crippen MR) is 67.8 cm³/mol. The van der Waals surface area contributed by atoms with Crippen molar-refractivity contribution in [2.45, 2.75) is 31.8 Å². The summed E-state index contributed by atoms with van der Waals surface area (Å²) < 4.78 is 2.11. The van der Waals surface area contributed by atoms with Crippen molar-refractivity contribution in [1.29, 1.82) is 0 Å². The summed E-state index contributed by atoms with van der Waals surface area (Å²) in [5.41, 5.74) is 7.03. The Hall–Kier alpha value is -1.75. The summed E-state index contributed by atoms with van der Waals surface area (Å²) in [6.07, 6.45) is 8.63. The van der Waals surface area contributed by atoms with Crippen LogP contribution in [0.15, 0.2) is 30.9 Å². The van der Waals surface area contributed by atoms with Gasteiger partial charge in [-0.05, 0) is 36.5 Å². The summed E-state index contributed by atoms with van der Waals surface area (Å²) in [7, 11) is 0. The Morgan fingerprint density at radius 1 is 1.28 bits per heavy atom. The van der Waals surface area contributed by atoms with Crippen LogP contribution in [0.1, 0.15) is 24.2 Å². The van der Waals surface area contributed by atoms with Gasteiger partial charge in [-0.3, -0.25) is 4.98 Å². The van der Waals surface area contributed by atoms with E-state index in [1.807, 2.05) is 24.5 Å². The molecule has 1 aliphatic carbocycles. The molecule has 1 saturated carbocycles. The molecular formula is C13H17N5. The average molecular weight is 243 g/mol. The zero-order valence-electron chi connectivity index (χ0n) is 10.2. The highest BCUT2D eigenvalue weighted by atomic mass is 15.3. The molecule has 0 aliphatic heterocycles. The molecule has 18 heavy (non-hydrogen) atoms. The molecule has 3 rings (SSSR count). The molecule has 2 heterocycles. The minimum atomic E-state index is 0.395. The molecule has 0 spiro atoms. The summed E-state index contributed by atoms with van der Waals surface area (Å²) in [5, 5.41) is 8.23. The summed E-state index contributed by atoms with van der Waals surface area (Å²) in [5.74, 6) is 1.74. The van der Waals surface area contributed by atoms with Crippen LogP contribution in [-0.4, -0.2) is 25.8 Å². The first-order valence-electron chi connectivity index (χ1n) is 6.32. The van der Waals surface area contributed by atoms with E-state index in [2.05, 4.69) is 19.7 Å². The van der Waals surface area contributed by atoms with Crippen LogP contribution in [0, 0.1) is 5.92 Å². The van der Waals surface area contributed by atoms with Crippen molar-refractivity contribution in [2.75, 3.05) is 0 Å². The maximum atomic E-state index is 5.81. The molecular weight excluding hydrogens is 226 g/mol. The molecule has 2 aromatic rings. The van der Waals surface area contributed by atoms with Crippen molar-refractivity contribution in [3.8, 4) is 0 Å². The van der Waals surface area contributed by atoms with E-state index in [1.54, 1.807) is 6.33 Å². The van der Waals surface area contributed by atoms with Crippen LogP contribution in [0.3, 0.4) is 0 Å². The van der Waals surface area contributed by atoms with Gasteiger partial charge < -0.3 is 10.3 Å². The van der Waals surface area contributed by atoms with Crippen LogP contribution in [0.2, 0.25) is 0 Å². The molecule has 0 atom stereocenters. The smallest absolute Gasteiger partial charge is 0.133 e. The lowest BCUT2D eigenvalue weighted by molar-refractivity contribution is 0.258. The second-order valence-corrected chi connectivity index (χ2v) is 5.03. The van der Waals surface area contributed by atoms with E-state index >= 15 is 0 Å². The van der Waals surface area contributed by atoms with Crippen molar-refractivity contribution in [1.82, 2.24) is 19.7 Å². The SMILES string of the molecule is NC1CC(Cc2nncn2Cc2ccncc2)C1. The maximum Gasteiger partial charge on any atom is 0.133 e. The zero-order chi connectivity index (χ0) is 12.4. The van der Waals surface area contributed by atoms with Crippen LogP contribution >= 0.6 is 0 Å². The summed E-state index contributed by atoms with van der Waals surface area (Å²) in [6, 6.07) is 4.43. The fraction of sp³-hybridized carbons (Fsp3) is 0.462. The number of hydrogen-bond acceptors (Lipinski definition) is 4. The quantitative estimate of drug-likeness (QED) is 0.869. The molecule has 1 fully saturated rings. The standard InChI is InChI=1S/C13H17N5/c14-12-5-11(6-12)7-13-17-16-9-18(13)8-10-1-3-15-4-2-10/h1-4,9,11-12H,5-8,14H2. The topological polar surface area (TPSA) is 69.6 Å². The van der Waals surface area contributed by atoms with Gasteiger partial charge in [0.15, 0.2) is 0 Å². The van der Waals surface area contributed by atoms with Gasteiger partial charge >= 0.3 is 0 Å². The second kappa shape index (κ2) is 4.86. The van der Waals surface area contributed by atoms with Gasteiger partial charge in [-0.2, -0.15) is 0 Å². The lowest BCUT2D eigenvalue weighted by atomic mass is 9.78. The number of nitrogens with two attached hydrogens (primary N) is 1. The van der Waals surface area contributed by atoms with Crippen molar-refractivity contribution < 1.29 is 0 Å². The molecule has 0 radical (unpaired) electrons. The number of pyridine rings is 1. The minimum absolute atomic E-state index is 0.395. The van der Waals surface area contributed by atoms with E-state index in [9.17, 15) is 0 Å². The molecule has 2 N–H and O–H groups in total. The third-order valence-corrected chi connectivity index (χ3v) is 3.54. The van der Waals surface area contributed by atoms with Crippen molar-refractivity contribution in [3.05, 3.63) is 42.2 Å². The van der Waals surface area contributed by atoms with Gasteiger partial charge in [-0.15, -0.1) is 10.2 Å². The van der Waals surface area contributed by atoms with E-state index in [0.717, 1.165) is 31.6 Å². The van der Waals surface area contributed by atoms with Gasteiger partial charge in [-0.25, -0.2) is 0 Å². The largest absolute Gasteiger partial charge is 0.328 e. The highest BCUT2D eigenvalue weighted by molar-refractivity contribution is 5.11. The monoisotopic (exact) mass is 243 g/mol. The van der Waals surface area contributed by atoms with E-state index in [1.165, 1.54) is 5.56 Å². The molecule has 5 nitrogen and oxygen atoms in total. The molecule has 1 aliphatic rings. The van der Waals surface area contributed by atoms with E-state index < -0.39 is 0 Å². The van der Waals surface area contributed by atoms with Gasteiger partial charge in [0, 0.05) is 24.9 Å². The summed E-state index contributed by atoms with van der Waals surface area (Å²) >= 11 is 0. The van der Waals surface area contributed by atoms with Crippen molar-refractivity contribution in [2.24, 2.45) is 11.7 Å². The van der Waals surface area contributed by atoms with Gasteiger partial charge in [0.05, 0.1) is 6.54 Å². The molecule has 0 aromatic carbocycles. The first kappa shape index (κ1) is 11.3. The Morgan fingerprint density at radius 2 is 2.06 bits per heavy atom. The van der Waals surface area contributed by atoms with Crippen LogP contribution < -0.4 is 5.73 Å². The summed E-state index contributed by atoms with van der Waals surface area (Å²) in [6.45, 7) is 0.809. The fourth-order valence-electron chi connectivity index (χ4n) is 2.47. The summed E-state index contributed by atoms with van der Waals surface area (Å²) in [4.78, 5) is 4.02. The molecule has 94 valence electrons. The number of aromatic nitrogens is 4. The normalized spacial score (nSPS) is 22.7. The van der Waals surface area contributed by atoms with Crippen LogP contribution in [0.5, 0.6) is 0 Å². The Kier molecular flexibility index (Phi) is 3.06. The first-order valence-corrected chi connectivity index (χ1v) is 6.32. The van der Waals surface area contributed by atoms with Gasteiger partial charge in [0.25, 0.3) is 0 Å². The van der Waals surface area contributed by atoms with Crippen molar-refractivity contribution >= 4 is 0 Å². The molecule has 0 amide bonds. The fourth-order valence-corrected chi connectivity index (χ4v) is 2.47. The van der Waals surface area contributed by atoms with Crippen LogP contribution in [0.25, 0.3) is 0 Å². The second-order valence-electron chi connectivity index (χ2n) is 5.03. The van der Waals surface area contributed by atoms with E-state index in [-0.39, 0.29) is 0 Å². The number of hydrogen-bond donors (Lipinski definition) is 1. The van der Waals surface area contributed by atoms with Gasteiger partial charge in [0.2, 0.25) is 0 Å². The predicted octanol–water partition coefficient (Wildman–Crippen LogP) is 1.00. The van der Waals surface area contributed by atoms with Gasteiger partial charge in [-0.1, -0.05) is 0 Å². The molecule has 5 heteroatoms. The Labute approximate surface area is 106 Å². The molecule has 0 unspecified atom stereocenters. The molecule has 2 aromatic heterocycles. The van der Waals surface area contributed by atoms with E-state index in [4.69, 9.17) is 5.73 Å². The van der Waals surface area contributed by atoms with Crippen LogP contribution in [-0.2, 0) is 13.0 Å².